The molecule has 8 heteroatoms. The molecular weight excluding hydrogens is 487 g/mol. The van der Waals surface area contributed by atoms with Gasteiger partial charge in [-0.05, 0) is 44.0 Å². The zero-order valence-electron chi connectivity index (χ0n) is 13.9. The summed E-state index contributed by atoms with van der Waals surface area (Å²) in [5, 5.41) is 5.89. The summed E-state index contributed by atoms with van der Waals surface area (Å²) < 4.78 is 6.18. The van der Waals surface area contributed by atoms with E-state index in [4.69, 9.17) is 10.5 Å². The van der Waals surface area contributed by atoms with E-state index in [0.29, 0.717) is 24.6 Å². The van der Waals surface area contributed by atoms with Crippen LogP contribution in [-0.4, -0.2) is 44.7 Å². The maximum absolute atomic E-state index is 11.9. The van der Waals surface area contributed by atoms with Gasteiger partial charge in [-0.3, -0.25) is 9.79 Å². The van der Waals surface area contributed by atoms with Crippen molar-refractivity contribution in [1.82, 2.24) is 10.6 Å². The average molecular weight is 513 g/mol. The van der Waals surface area contributed by atoms with Crippen LogP contribution in [0, 0.1) is 0 Å². The maximum atomic E-state index is 11.9. The number of nitrogens with two attached hydrogens (primary N) is 1. The first kappa shape index (κ1) is 23.1. The van der Waals surface area contributed by atoms with Crippen molar-refractivity contribution in [2.45, 2.75) is 19.8 Å². The third kappa shape index (κ3) is 10.8. The molecule has 136 valence electrons. The highest BCUT2D eigenvalue weighted by Crippen LogP contribution is 2.10. The topological polar surface area (TPSA) is 88.7 Å². The van der Waals surface area contributed by atoms with Gasteiger partial charge in [0, 0.05) is 42.9 Å². The molecule has 0 heterocycles. The second-order valence-corrected chi connectivity index (χ2v) is 5.78. The summed E-state index contributed by atoms with van der Waals surface area (Å²) in [6.45, 7) is 5.31. The molecule has 0 atom stereocenters. The minimum atomic E-state index is -0.0801. The number of carbonyl (C=O) groups excluding carboxylic acids is 1. The van der Waals surface area contributed by atoms with Gasteiger partial charge >= 0.3 is 0 Å². The average Bonchev–Trinajstić information content (AvgIpc) is 2.54. The first-order chi connectivity index (χ1) is 11.1. The molecule has 6 nitrogen and oxygen atoms in total. The second kappa shape index (κ2) is 14.5. The normalized spacial score (nSPS) is 10.8. The molecule has 1 aromatic rings. The number of rotatable bonds is 10. The van der Waals surface area contributed by atoms with Crippen LogP contribution in [0.5, 0.6) is 0 Å². The van der Waals surface area contributed by atoms with E-state index in [1.165, 1.54) is 0 Å². The molecule has 1 amide bonds. The third-order valence-electron chi connectivity index (χ3n) is 2.98. The minimum absolute atomic E-state index is 0. The van der Waals surface area contributed by atoms with Gasteiger partial charge in [0.05, 0.1) is 0 Å². The number of benzene rings is 1. The predicted octanol–water partition coefficient (Wildman–Crippen LogP) is 2.52. The van der Waals surface area contributed by atoms with E-state index in [2.05, 4.69) is 31.6 Å². The van der Waals surface area contributed by atoms with Crippen LogP contribution in [0.4, 0.5) is 0 Å². The first-order valence-corrected chi connectivity index (χ1v) is 8.58. The summed E-state index contributed by atoms with van der Waals surface area (Å²) in [5.74, 6) is 0.351. The summed E-state index contributed by atoms with van der Waals surface area (Å²) in [4.78, 5) is 16.1. The molecule has 0 saturated carbocycles. The van der Waals surface area contributed by atoms with E-state index in [0.717, 1.165) is 37.1 Å². The summed E-state index contributed by atoms with van der Waals surface area (Å²) in [7, 11) is 0. The summed E-state index contributed by atoms with van der Waals surface area (Å²) in [6.07, 6.45) is 1.64. The molecular formula is C16H26BrIN4O2. The van der Waals surface area contributed by atoms with Crippen molar-refractivity contribution in [3.63, 3.8) is 0 Å². The molecule has 4 N–H and O–H groups in total. The second-order valence-electron chi connectivity index (χ2n) is 4.86. The smallest absolute Gasteiger partial charge is 0.251 e. The predicted molar refractivity (Wildman–Crippen MR) is 112 cm³/mol. The third-order valence-corrected chi connectivity index (χ3v) is 3.51. The first-order valence-electron chi connectivity index (χ1n) is 7.78. The van der Waals surface area contributed by atoms with Gasteiger partial charge in [0.2, 0.25) is 0 Å². The molecule has 0 aliphatic rings. The highest BCUT2D eigenvalue weighted by atomic mass is 127. The van der Waals surface area contributed by atoms with E-state index in [1.54, 1.807) is 12.1 Å². The van der Waals surface area contributed by atoms with Crippen molar-refractivity contribution >= 4 is 51.8 Å². The van der Waals surface area contributed by atoms with E-state index in [9.17, 15) is 4.79 Å². The fourth-order valence-electron chi connectivity index (χ4n) is 1.77. The Morgan fingerprint density at radius 2 is 1.88 bits per heavy atom. The van der Waals surface area contributed by atoms with Crippen LogP contribution in [-0.2, 0) is 4.74 Å². The van der Waals surface area contributed by atoms with Gasteiger partial charge in [0.15, 0.2) is 5.96 Å². The Morgan fingerprint density at radius 3 is 2.54 bits per heavy atom. The van der Waals surface area contributed by atoms with E-state index in [1.807, 2.05) is 19.1 Å². The summed E-state index contributed by atoms with van der Waals surface area (Å²) in [5.41, 5.74) is 6.39. The van der Waals surface area contributed by atoms with E-state index >= 15 is 0 Å². The molecule has 1 aromatic carbocycles. The van der Waals surface area contributed by atoms with Gasteiger partial charge in [-0.2, -0.15) is 0 Å². The Kier molecular flexibility index (Phi) is 13.9. The van der Waals surface area contributed by atoms with Crippen molar-refractivity contribution in [3.8, 4) is 0 Å². The Morgan fingerprint density at radius 1 is 1.21 bits per heavy atom. The van der Waals surface area contributed by atoms with Crippen LogP contribution < -0.4 is 16.4 Å². The molecule has 0 aliphatic carbocycles. The standard InChI is InChI=1S/C16H25BrN4O2.HI/c1-2-23-12-4-11-21-16(18)20-10-3-9-19-15(22)13-5-7-14(17)8-6-13;/h5-8H,2-4,9-12H2,1H3,(H,19,22)(H3,18,20,21);1H. The number of nitrogens with one attached hydrogen (secondary N) is 2. The number of aliphatic imine (C=N–C) groups is 1. The van der Waals surface area contributed by atoms with Crippen LogP contribution in [0.15, 0.2) is 33.7 Å². The number of amides is 1. The highest BCUT2D eigenvalue weighted by molar-refractivity contribution is 14.0. The minimum Gasteiger partial charge on any atom is -0.382 e. The van der Waals surface area contributed by atoms with Gasteiger partial charge in [-0.25, -0.2) is 0 Å². The van der Waals surface area contributed by atoms with Crippen LogP contribution in [0.3, 0.4) is 0 Å². The van der Waals surface area contributed by atoms with Gasteiger partial charge in [-0.15, -0.1) is 24.0 Å². The molecule has 0 fully saturated rings. The van der Waals surface area contributed by atoms with Crippen molar-refractivity contribution in [1.29, 1.82) is 0 Å². The van der Waals surface area contributed by atoms with E-state index < -0.39 is 0 Å². The lowest BCUT2D eigenvalue weighted by Gasteiger charge is -2.06. The number of carbonyl (C=O) groups is 1. The zero-order valence-corrected chi connectivity index (χ0v) is 17.8. The van der Waals surface area contributed by atoms with Gasteiger partial charge in [-0.1, -0.05) is 15.9 Å². The monoisotopic (exact) mass is 512 g/mol. The molecule has 0 radical (unpaired) electrons. The Balaban J connectivity index is 0.00000529. The maximum Gasteiger partial charge on any atom is 0.251 e. The van der Waals surface area contributed by atoms with Crippen LogP contribution in [0.1, 0.15) is 30.1 Å². The number of guanidine groups is 1. The number of nitrogens with zero attached hydrogens (tertiary/aromatic N) is 1. The van der Waals surface area contributed by atoms with Gasteiger partial charge in [0.1, 0.15) is 0 Å². The molecule has 0 unspecified atom stereocenters. The summed E-state index contributed by atoms with van der Waals surface area (Å²) in [6, 6.07) is 7.25. The van der Waals surface area contributed by atoms with Crippen molar-refractivity contribution in [2.24, 2.45) is 10.7 Å². The van der Waals surface area contributed by atoms with Crippen LogP contribution in [0.25, 0.3) is 0 Å². The molecule has 24 heavy (non-hydrogen) atoms. The lowest BCUT2D eigenvalue weighted by Crippen LogP contribution is -2.33. The van der Waals surface area contributed by atoms with Crippen molar-refractivity contribution in [3.05, 3.63) is 34.3 Å². The Bertz CT molecular complexity index is 497. The Labute approximate surface area is 169 Å². The molecule has 0 aliphatic heterocycles. The van der Waals surface area contributed by atoms with Crippen molar-refractivity contribution in [2.75, 3.05) is 32.8 Å². The van der Waals surface area contributed by atoms with E-state index in [-0.39, 0.29) is 29.9 Å². The number of hydrogen-bond acceptors (Lipinski definition) is 3. The molecule has 0 spiro atoms. The highest BCUT2D eigenvalue weighted by Gasteiger charge is 2.03. The molecule has 0 aromatic heterocycles. The lowest BCUT2D eigenvalue weighted by atomic mass is 10.2. The molecule has 1 rings (SSSR count). The van der Waals surface area contributed by atoms with Crippen molar-refractivity contribution < 1.29 is 9.53 Å². The van der Waals surface area contributed by atoms with Gasteiger partial charge in [0.25, 0.3) is 5.91 Å². The Hall–Kier alpha value is -0.870. The quantitative estimate of drug-likeness (QED) is 0.194. The zero-order chi connectivity index (χ0) is 16.9. The SMILES string of the molecule is CCOCCCNC(N)=NCCCNC(=O)c1ccc(Br)cc1.I. The van der Waals surface area contributed by atoms with Gasteiger partial charge < -0.3 is 21.1 Å². The van der Waals surface area contributed by atoms with Crippen LogP contribution in [0.2, 0.25) is 0 Å². The molecule has 0 saturated heterocycles. The number of hydrogen-bond donors (Lipinski definition) is 3. The fourth-order valence-corrected chi connectivity index (χ4v) is 2.04. The lowest BCUT2D eigenvalue weighted by molar-refractivity contribution is 0.0953. The van der Waals surface area contributed by atoms with Crippen LogP contribution >= 0.6 is 39.9 Å². The number of halogens is 2. The number of ether oxygens (including phenoxy) is 1. The molecule has 0 bridgehead atoms. The fraction of sp³-hybridized carbons (Fsp3) is 0.500. The summed E-state index contributed by atoms with van der Waals surface area (Å²) >= 11 is 3.34. The largest absolute Gasteiger partial charge is 0.382 e.